The first-order chi connectivity index (χ1) is 8.32. The summed E-state index contributed by atoms with van der Waals surface area (Å²) in [6, 6.07) is 9.52. The fraction of sp³-hybridized carbons (Fsp3) is 0.533. The number of benzene rings is 1. The van der Waals surface area contributed by atoms with Crippen LogP contribution in [0.15, 0.2) is 30.3 Å². The Kier molecular flexibility index (Phi) is 3.20. The zero-order chi connectivity index (χ0) is 13.4. The smallest absolute Gasteiger partial charge is 0.254 e. The molecule has 0 saturated carbocycles. The monoisotopic (exact) mass is 246 g/mol. The Bertz CT molecular complexity index is 437. The van der Waals surface area contributed by atoms with Crippen molar-refractivity contribution in [2.75, 3.05) is 13.1 Å². The van der Waals surface area contributed by atoms with Gasteiger partial charge < -0.3 is 10.2 Å². The van der Waals surface area contributed by atoms with Crippen LogP contribution in [0.25, 0.3) is 0 Å². The van der Waals surface area contributed by atoms with E-state index < -0.39 is 0 Å². The third kappa shape index (κ3) is 2.56. The lowest BCUT2D eigenvalue weighted by Crippen LogP contribution is -2.67. The number of rotatable bonds is 1. The van der Waals surface area contributed by atoms with Crippen molar-refractivity contribution in [2.45, 2.75) is 38.8 Å². The van der Waals surface area contributed by atoms with Crippen molar-refractivity contribution in [1.29, 1.82) is 0 Å². The maximum Gasteiger partial charge on any atom is 0.254 e. The van der Waals surface area contributed by atoms with Gasteiger partial charge in [0.05, 0.1) is 5.54 Å². The summed E-state index contributed by atoms with van der Waals surface area (Å²) in [5, 5.41) is 3.49. The second kappa shape index (κ2) is 4.39. The molecule has 1 aliphatic heterocycles. The maximum absolute atomic E-state index is 12.6. The molecule has 1 heterocycles. The third-order valence-corrected chi connectivity index (χ3v) is 3.55. The van der Waals surface area contributed by atoms with Gasteiger partial charge in [-0.3, -0.25) is 4.79 Å². The molecule has 1 aromatic carbocycles. The summed E-state index contributed by atoms with van der Waals surface area (Å²) in [4.78, 5) is 14.6. The first-order valence-corrected chi connectivity index (χ1v) is 6.44. The van der Waals surface area contributed by atoms with Crippen LogP contribution in [0, 0.1) is 0 Å². The average molecular weight is 246 g/mol. The SMILES string of the molecule is CC1(C)CN(C(=O)c2ccccc2)C(C)(C)CN1. The van der Waals surface area contributed by atoms with Gasteiger partial charge in [0, 0.05) is 24.2 Å². The summed E-state index contributed by atoms with van der Waals surface area (Å²) in [6.07, 6.45) is 0. The molecule has 1 aromatic rings. The molecule has 3 heteroatoms. The average Bonchev–Trinajstić information content (AvgIpc) is 2.33. The van der Waals surface area contributed by atoms with Gasteiger partial charge in [-0.15, -0.1) is 0 Å². The van der Waals surface area contributed by atoms with E-state index in [-0.39, 0.29) is 17.0 Å². The van der Waals surface area contributed by atoms with Gasteiger partial charge in [0.25, 0.3) is 5.91 Å². The van der Waals surface area contributed by atoms with Crippen LogP contribution < -0.4 is 5.32 Å². The zero-order valence-corrected chi connectivity index (χ0v) is 11.7. The molecule has 0 aromatic heterocycles. The van der Waals surface area contributed by atoms with E-state index in [0.717, 1.165) is 18.7 Å². The molecule has 0 unspecified atom stereocenters. The van der Waals surface area contributed by atoms with E-state index in [4.69, 9.17) is 0 Å². The number of piperazine rings is 1. The highest BCUT2D eigenvalue weighted by Crippen LogP contribution is 2.25. The molecule has 3 nitrogen and oxygen atoms in total. The molecule has 0 aliphatic carbocycles. The molecule has 0 bridgehead atoms. The molecule has 2 rings (SSSR count). The molecule has 1 amide bonds. The van der Waals surface area contributed by atoms with Crippen LogP contribution in [0.2, 0.25) is 0 Å². The maximum atomic E-state index is 12.6. The second-order valence-corrected chi connectivity index (χ2v) is 6.31. The number of carbonyl (C=O) groups excluding carboxylic acids is 1. The number of hydrogen-bond acceptors (Lipinski definition) is 2. The Morgan fingerprint density at radius 1 is 1.17 bits per heavy atom. The first kappa shape index (κ1) is 13.1. The largest absolute Gasteiger partial charge is 0.330 e. The van der Waals surface area contributed by atoms with Crippen molar-refractivity contribution in [3.05, 3.63) is 35.9 Å². The molecule has 1 aliphatic rings. The Morgan fingerprint density at radius 3 is 2.39 bits per heavy atom. The molecule has 1 N–H and O–H groups in total. The van der Waals surface area contributed by atoms with Gasteiger partial charge in [0.15, 0.2) is 0 Å². The molecule has 18 heavy (non-hydrogen) atoms. The van der Waals surface area contributed by atoms with Gasteiger partial charge in [-0.25, -0.2) is 0 Å². The highest BCUT2D eigenvalue weighted by Gasteiger charge is 2.40. The molecule has 0 radical (unpaired) electrons. The normalized spacial score (nSPS) is 21.7. The molecule has 98 valence electrons. The number of amides is 1. The van der Waals surface area contributed by atoms with E-state index in [1.807, 2.05) is 35.2 Å². The van der Waals surface area contributed by atoms with Gasteiger partial charge in [0.1, 0.15) is 0 Å². The summed E-state index contributed by atoms with van der Waals surface area (Å²) in [6.45, 7) is 10.0. The number of nitrogens with zero attached hydrogens (tertiary/aromatic N) is 1. The van der Waals surface area contributed by atoms with Crippen LogP contribution in [-0.4, -0.2) is 35.0 Å². The standard InChI is InChI=1S/C15H22N2O/c1-14(2)11-17(15(3,4)10-16-14)13(18)12-8-6-5-7-9-12/h5-9,16H,10-11H2,1-4H3. The Morgan fingerprint density at radius 2 is 1.78 bits per heavy atom. The van der Waals surface area contributed by atoms with Crippen LogP contribution in [0.3, 0.4) is 0 Å². The summed E-state index contributed by atoms with van der Waals surface area (Å²) in [5.41, 5.74) is 0.589. The summed E-state index contributed by atoms with van der Waals surface area (Å²) in [7, 11) is 0. The predicted molar refractivity (Wildman–Crippen MR) is 73.6 cm³/mol. The van der Waals surface area contributed by atoms with Crippen LogP contribution in [-0.2, 0) is 0 Å². The van der Waals surface area contributed by atoms with Gasteiger partial charge in [-0.2, -0.15) is 0 Å². The van der Waals surface area contributed by atoms with Crippen molar-refractivity contribution in [1.82, 2.24) is 10.2 Å². The highest BCUT2D eigenvalue weighted by molar-refractivity contribution is 5.94. The Balaban J connectivity index is 2.27. The highest BCUT2D eigenvalue weighted by atomic mass is 16.2. The van der Waals surface area contributed by atoms with Gasteiger partial charge >= 0.3 is 0 Å². The van der Waals surface area contributed by atoms with E-state index in [0.29, 0.717) is 0 Å². The van der Waals surface area contributed by atoms with Crippen molar-refractivity contribution in [2.24, 2.45) is 0 Å². The van der Waals surface area contributed by atoms with Crippen molar-refractivity contribution in [3.63, 3.8) is 0 Å². The fourth-order valence-electron chi connectivity index (χ4n) is 2.30. The van der Waals surface area contributed by atoms with E-state index in [9.17, 15) is 4.79 Å². The Hall–Kier alpha value is -1.35. The lowest BCUT2D eigenvalue weighted by Gasteiger charge is -2.49. The van der Waals surface area contributed by atoms with E-state index in [1.54, 1.807) is 0 Å². The van der Waals surface area contributed by atoms with Gasteiger partial charge in [0.2, 0.25) is 0 Å². The molecule has 0 atom stereocenters. The first-order valence-electron chi connectivity index (χ1n) is 6.44. The van der Waals surface area contributed by atoms with Crippen molar-refractivity contribution in [3.8, 4) is 0 Å². The zero-order valence-electron chi connectivity index (χ0n) is 11.7. The van der Waals surface area contributed by atoms with E-state index in [1.165, 1.54) is 0 Å². The minimum atomic E-state index is -0.150. The molecule has 1 fully saturated rings. The van der Waals surface area contributed by atoms with E-state index >= 15 is 0 Å². The fourth-order valence-corrected chi connectivity index (χ4v) is 2.30. The number of hydrogen-bond donors (Lipinski definition) is 1. The van der Waals surface area contributed by atoms with Crippen LogP contribution in [0.4, 0.5) is 0 Å². The summed E-state index contributed by atoms with van der Waals surface area (Å²) >= 11 is 0. The molecule has 0 spiro atoms. The molecular weight excluding hydrogens is 224 g/mol. The lowest BCUT2D eigenvalue weighted by atomic mass is 9.90. The number of nitrogens with one attached hydrogen (secondary N) is 1. The molecular formula is C15H22N2O. The van der Waals surface area contributed by atoms with E-state index in [2.05, 4.69) is 33.0 Å². The van der Waals surface area contributed by atoms with Crippen LogP contribution in [0.1, 0.15) is 38.1 Å². The van der Waals surface area contributed by atoms with Gasteiger partial charge in [-0.1, -0.05) is 18.2 Å². The Labute approximate surface area is 109 Å². The minimum Gasteiger partial charge on any atom is -0.330 e. The minimum absolute atomic E-state index is 0.0278. The molecule has 1 saturated heterocycles. The lowest BCUT2D eigenvalue weighted by molar-refractivity contribution is 0.0281. The summed E-state index contributed by atoms with van der Waals surface area (Å²) < 4.78 is 0. The topological polar surface area (TPSA) is 32.3 Å². The van der Waals surface area contributed by atoms with Gasteiger partial charge in [-0.05, 0) is 39.8 Å². The number of carbonyl (C=O) groups is 1. The van der Waals surface area contributed by atoms with Crippen LogP contribution >= 0.6 is 0 Å². The third-order valence-electron chi connectivity index (χ3n) is 3.55. The summed E-state index contributed by atoms with van der Waals surface area (Å²) in [5.74, 6) is 0.121. The van der Waals surface area contributed by atoms with Crippen LogP contribution in [0.5, 0.6) is 0 Å². The van der Waals surface area contributed by atoms with Crippen molar-refractivity contribution >= 4 is 5.91 Å². The van der Waals surface area contributed by atoms with Crippen molar-refractivity contribution < 1.29 is 4.79 Å². The predicted octanol–water partition coefficient (Wildman–Crippen LogP) is 2.29. The second-order valence-electron chi connectivity index (χ2n) is 6.31. The quantitative estimate of drug-likeness (QED) is 0.824.